The first-order chi connectivity index (χ1) is 16.9. The van der Waals surface area contributed by atoms with Gasteiger partial charge in [-0.15, -0.1) is 0 Å². The van der Waals surface area contributed by atoms with E-state index in [1.165, 1.54) is 38.7 Å². The fraction of sp³-hybridized carbons (Fsp3) is 0.286. The van der Waals surface area contributed by atoms with Crippen LogP contribution in [0.5, 0.6) is 17.2 Å². The van der Waals surface area contributed by atoms with Crippen molar-refractivity contribution in [2.24, 2.45) is 0 Å². The number of hydrogen-bond acceptors (Lipinski definition) is 6. The summed E-state index contributed by atoms with van der Waals surface area (Å²) in [7, 11) is 4.44. The van der Waals surface area contributed by atoms with Gasteiger partial charge in [-0.1, -0.05) is 73.3 Å². The third-order valence-corrected chi connectivity index (χ3v) is 6.70. The summed E-state index contributed by atoms with van der Waals surface area (Å²) >= 11 is 1.23. The van der Waals surface area contributed by atoms with Crippen molar-refractivity contribution in [1.82, 2.24) is 5.32 Å². The number of rotatable bonds is 10. The standard InChI is InChI=1S/C28H31NO5S/c1-18(15-20-11-13-22(14-12-20)21-9-7-6-8-10-21)35-28(31)19(2)29-27(30)26-24(33-4)16-23(32-3)17-25(26)34-5/h6-14,16-19H,15H2,1-5H3,(H,29,30)/t18-,19+/m0/s1. The Balaban J connectivity index is 1.60. The number of methoxy groups -OCH3 is 3. The molecule has 2 atom stereocenters. The number of hydrogen-bond donors (Lipinski definition) is 1. The topological polar surface area (TPSA) is 73.9 Å². The van der Waals surface area contributed by atoms with E-state index in [1.807, 2.05) is 25.1 Å². The number of benzene rings is 3. The number of carbonyl (C=O) groups is 2. The lowest BCUT2D eigenvalue weighted by Crippen LogP contribution is -2.38. The van der Waals surface area contributed by atoms with Gasteiger partial charge in [0.25, 0.3) is 5.91 Å². The van der Waals surface area contributed by atoms with E-state index in [2.05, 4.69) is 41.7 Å². The van der Waals surface area contributed by atoms with Gasteiger partial charge in [-0.3, -0.25) is 9.59 Å². The number of carbonyl (C=O) groups excluding carboxylic acids is 2. The van der Waals surface area contributed by atoms with Crippen LogP contribution < -0.4 is 19.5 Å². The lowest BCUT2D eigenvalue weighted by atomic mass is 10.0. The summed E-state index contributed by atoms with van der Waals surface area (Å²) < 4.78 is 15.9. The minimum absolute atomic E-state index is 0.0504. The van der Waals surface area contributed by atoms with Crippen LogP contribution in [-0.4, -0.2) is 43.6 Å². The molecule has 0 fully saturated rings. The SMILES string of the molecule is COc1cc(OC)c(C(=O)N[C@H](C)C(=O)S[C@@H](C)Cc2ccc(-c3ccccc3)cc2)c(OC)c1. The second-order valence-corrected chi connectivity index (χ2v) is 9.56. The highest BCUT2D eigenvalue weighted by atomic mass is 32.2. The normalized spacial score (nSPS) is 12.4. The predicted octanol–water partition coefficient (Wildman–Crippen LogP) is 5.39. The molecule has 0 aliphatic rings. The van der Waals surface area contributed by atoms with Gasteiger partial charge in [0.1, 0.15) is 22.8 Å². The molecule has 0 spiro atoms. The van der Waals surface area contributed by atoms with Crippen molar-refractivity contribution in [2.45, 2.75) is 31.6 Å². The Morgan fingerprint density at radius 1 is 0.829 bits per heavy atom. The Bertz CT molecular complexity index is 1120. The molecule has 3 rings (SSSR count). The summed E-state index contributed by atoms with van der Waals surface area (Å²) in [6.45, 7) is 3.69. The molecule has 0 heterocycles. The monoisotopic (exact) mass is 493 g/mol. The Morgan fingerprint density at radius 2 is 1.40 bits per heavy atom. The van der Waals surface area contributed by atoms with Gasteiger partial charge >= 0.3 is 0 Å². The molecule has 0 aromatic heterocycles. The second kappa shape index (κ2) is 12.3. The van der Waals surface area contributed by atoms with Gasteiger partial charge in [-0.25, -0.2) is 0 Å². The van der Waals surface area contributed by atoms with E-state index in [0.717, 1.165) is 17.5 Å². The zero-order valence-corrected chi connectivity index (χ0v) is 21.5. The van der Waals surface area contributed by atoms with Crippen molar-refractivity contribution in [2.75, 3.05) is 21.3 Å². The molecule has 6 nitrogen and oxygen atoms in total. The van der Waals surface area contributed by atoms with Gasteiger partial charge in [0, 0.05) is 17.4 Å². The average molecular weight is 494 g/mol. The van der Waals surface area contributed by atoms with Gasteiger partial charge in [0.05, 0.1) is 27.4 Å². The third-order valence-electron chi connectivity index (χ3n) is 5.54. The Morgan fingerprint density at radius 3 is 1.94 bits per heavy atom. The molecule has 3 aromatic rings. The molecule has 0 saturated carbocycles. The molecule has 1 N–H and O–H groups in total. The summed E-state index contributed by atoms with van der Waals surface area (Å²) in [6.07, 6.45) is 0.742. The first-order valence-electron chi connectivity index (χ1n) is 11.3. The van der Waals surface area contributed by atoms with Crippen molar-refractivity contribution in [1.29, 1.82) is 0 Å². The molecule has 3 aromatic carbocycles. The quantitative estimate of drug-likeness (QED) is 0.408. The van der Waals surface area contributed by atoms with Crippen molar-refractivity contribution in [3.05, 3.63) is 77.9 Å². The molecule has 0 radical (unpaired) electrons. The van der Waals surface area contributed by atoms with Crippen molar-refractivity contribution in [3.63, 3.8) is 0 Å². The van der Waals surface area contributed by atoms with Gasteiger partial charge in [-0.2, -0.15) is 0 Å². The maximum atomic E-state index is 13.0. The molecule has 0 saturated heterocycles. The minimum Gasteiger partial charge on any atom is -0.496 e. The maximum absolute atomic E-state index is 13.0. The van der Waals surface area contributed by atoms with E-state index >= 15 is 0 Å². The molecule has 0 unspecified atom stereocenters. The number of thioether (sulfide) groups is 1. The van der Waals surface area contributed by atoms with Crippen LogP contribution in [-0.2, 0) is 11.2 Å². The van der Waals surface area contributed by atoms with E-state index in [1.54, 1.807) is 19.1 Å². The van der Waals surface area contributed by atoms with Gasteiger partial charge in [0.2, 0.25) is 5.12 Å². The van der Waals surface area contributed by atoms with Crippen molar-refractivity contribution in [3.8, 4) is 28.4 Å². The van der Waals surface area contributed by atoms with Crippen molar-refractivity contribution >= 4 is 22.8 Å². The van der Waals surface area contributed by atoms with Gasteiger partial charge in [-0.05, 0) is 30.0 Å². The molecule has 184 valence electrons. The fourth-order valence-corrected chi connectivity index (χ4v) is 4.63. The first-order valence-corrected chi connectivity index (χ1v) is 12.2. The number of nitrogens with one attached hydrogen (secondary N) is 1. The first kappa shape index (κ1) is 26.2. The van der Waals surface area contributed by atoms with E-state index in [9.17, 15) is 9.59 Å². The minimum atomic E-state index is -0.688. The molecule has 35 heavy (non-hydrogen) atoms. The van der Waals surface area contributed by atoms with Crippen LogP contribution in [0.4, 0.5) is 0 Å². The largest absolute Gasteiger partial charge is 0.496 e. The summed E-state index contributed by atoms with van der Waals surface area (Å²) in [6, 6.07) is 21.1. The maximum Gasteiger partial charge on any atom is 0.259 e. The molecule has 1 amide bonds. The van der Waals surface area contributed by atoms with Crippen LogP contribution in [0.2, 0.25) is 0 Å². The highest BCUT2D eigenvalue weighted by Gasteiger charge is 2.25. The van der Waals surface area contributed by atoms with E-state index in [-0.39, 0.29) is 15.9 Å². The highest BCUT2D eigenvalue weighted by Crippen LogP contribution is 2.34. The smallest absolute Gasteiger partial charge is 0.259 e. The number of amides is 1. The van der Waals surface area contributed by atoms with Gasteiger partial charge in [0.15, 0.2) is 0 Å². The van der Waals surface area contributed by atoms with Crippen LogP contribution in [0.15, 0.2) is 66.7 Å². The summed E-state index contributed by atoms with van der Waals surface area (Å²) in [5.74, 6) is 0.657. The molecule has 0 aliphatic carbocycles. The lowest BCUT2D eigenvalue weighted by molar-refractivity contribution is -0.112. The Labute approximate surface area is 211 Å². The Hall–Kier alpha value is -3.45. The predicted molar refractivity (Wildman–Crippen MR) is 141 cm³/mol. The molecule has 0 bridgehead atoms. The van der Waals surface area contributed by atoms with Crippen LogP contribution in [0, 0.1) is 0 Å². The average Bonchev–Trinajstić information content (AvgIpc) is 2.88. The molecule has 7 heteroatoms. The Kier molecular flexibility index (Phi) is 9.20. The lowest BCUT2D eigenvalue weighted by Gasteiger charge is -2.18. The highest BCUT2D eigenvalue weighted by molar-refractivity contribution is 8.14. The van der Waals surface area contributed by atoms with Crippen LogP contribution >= 0.6 is 11.8 Å². The van der Waals surface area contributed by atoms with E-state index in [4.69, 9.17) is 14.2 Å². The summed E-state index contributed by atoms with van der Waals surface area (Å²) in [5, 5.41) is 2.71. The molecular formula is C28H31NO5S. The zero-order valence-electron chi connectivity index (χ0n) is 20.7. The van der Waals surface area contributed by atoms with Crippen LogP contribution in [0.3, 0.4) is 0 Å². The number of ether oxygens (including phenoxy) is 3. The molecular weight excluding hydrogens is 462 g/mol. The summed E-state index contributed by atoms with van der Waals surface area (Å²) in [4.78, 5) is 25.8. The zero-order chi connectivity index (χ0) is 25.4. The van der Waals surface area contributed by atoms with Crippen LogP contribution in [0.1, 0.15) is 29.8 Å². The van der Waals surface area contributed by atoms with Crippen LogP contribution in [0.25, 0.3) is 11.1 Å². The molecule has 0 aliphatic heterocycles. The third kappa shape index (κ3) is 6.79. The second-order valence-electron chi connectivity index (χ2n) is 8.12. The van der Waals surface area contributed by atoms with E-state index < -0.39 is 11.9 Å². The fourth-order valence-electron chi connectivity index (χ4n) is 3.70. The summed E-state index contributed by atoms with van der Waals surface area (Å²) in [5.41, 5.74) is 3.70. The van der Waals surface area contributed by atoms with Crippen molar-refractivity contribution < 1.29 is 23.8 Å². The van der Waals surface area contributed by atoms with E-state index in [0.29, 0.717) is 17.2 Å². The van der Waals surface area contributed by atoms with Gasteiger partial charge < -0.3 is 19.5 Å².